The molecule has 5 heteroatoms. The van der Waals surface area contributed by atoms with Gasteiger partial charge in [0.2, 0.25) is 0 Å². The van der Waals surface area contributed by atoms with Crippen LogP contribution in [0.5, 0.6) is 0 Å². The molecule has 0 aromatic carbocycles. The molecule has 2 heterocycles. The Morgan fingerprint density at radius 1 is 1.62 bits per heavy atom. The van der Waals surface area contributed by atoms with Gasteiger partial charge in [-0.3, -0.25) is 4.79 Å². The lowest BCUT2D eigenvalue weighted by molar-refractivity contribution is 0.0952. The molecular formula is C11H17ClN2OS. The molecule has 2 rings (SSSR count). The number of carbonyl (C=O) groups is 1. The Bertz CT molecular complexity index is 310. The van der Waals surface area contributed by atoms with Crippen LogP contribution >= 0.6 is 23.7 Å². The van der Waals surface area contributed by atoms with Crippen LogP contribution in [0, 0.1) is 5.92 Å². The molecule has 1 atom stereocenters. The average Bonchev–Trinajstić information content (AvgIpc) is 2.90. The second-order valence-corrected chi connectivity index (χ2v) is 4.70. The highest BCUT2D eigenvalue weighted by Crippen LogP contribution is 2.11. The van der Waals surface area contributed by atoms with E-state index in [2.05, 4.69) is 10.6 Å². The van der Waals surface area contributed by atoms with Crippen LogP contribution in [0.25, 0.3) is 0 Å². The molecule has 1 fully saturated rings. The van der Waals surface area contributed by atoms with Crippen molar-refractivity contribution in [3.63, 3.8) is 0 Å². The van der Waals surface area contributed by atoms with Gasteiger partial charge in [0.1, 0.15) is 0 Å². The van der Waals surface area contributed by atoms with Crippen molar-refractivity contribution >= 4 is 29.7 Å². The minimum absolute atomic E-state index is 0. The summed E-state index contributed by atoms with van der Waals surface area (Å²) in [5.41, 5.74) is 0.782. The highest BCUT2D eigenvalue weighted by atomic mass is 35.5. The van der Waals surface area contributed by atoms with Gasteiger partial charge in [0.05, 0.1) is 0 Å². The first-order valence-corrected chi connectivity index (χ1v) is 6.31. The molecule has 0 bridgehead atoms. The van der Waals surface area contributed by atoms with Crippen LogP contribution in [-0.4, -0.2) is 25.5 Å². The third kappa shape index (κ3) is 3.77. The zero-order chi connectivity index (χ0) is 10.5. The molecule has 0 radical (unpaired) electrons. The van der Waals surface area contributed by atoms with Crippen LogP contribution in [-0.2, 0) is 0 Å². The Morgan fingerprint density at radius 2 is 2.50 bits per heavy atom. The van der Waals surface area contributed by atoms with E-state index in [0.717, 1.165) is 37.5 Å². The molecular weight excluding hydrogens is 244 g/mol. The van der Waals surface area contributed by atoms with Crippen molar-refractivity contribution in [1.29, 1.82) is 0 Å². The Hall–Kier alpha value is -0.580. The summed E-state index contributed by atoms with van der Waals surface area (Å²) < 4.78 is 0. The van der Waals surface area contributed by atoms with E-state index in [0.29, 0.717) is 0 Å². The molecule has 3 nitrogen and oxygen atoms in total. The second-order valence-electron chi connectivity index (χ2n) is 3.92. The van der Waals surface area contributed by atoms with Gasteiger partial charge in [0.25, 0.3) is 5.91 Å². The molecule has 1 aliphatic heterocycles. The van der Waals surface area contributed by atoms with E-state index in [1.165, 1.54) is 6.42 Å². The van der Waals surface area contributed by atoms with Gasteiger partial charge in [-0.25, -0.2) is 0 Å². The number of thiophene rings is 1. The number of carbonyl (C=O) groups excluding carboxylic acids is 1. The van der Waals surface area contributed by atoms with Gasteiger partial charge in [-0.05, 0) is 43.3 Å². The van der Waals surface area contributed by atoms with Gasteiger partial charge in [0, 0.05) is 17.5 Å². The van der Waals surface area contributed by atoms with Gasteiger partial charge >= 0.3 is 0 Å². The SMILES string of the molecule is Cl.O=C(NCCC1CCNC1)c1ccsc1. The monoisotopic (exact) mass is 260 g/mol. The van der Waals surface area contributed by atoms with Crippen molar-refractivity contribution in [1.82, 2.24) is 10.6 Å². The quantitative estimate of drug-likeness (QED) is 0.868. The predicted octanol–water partition coefficient (Wildman–Crippen LogP) is 1.90. The van der Waals surface area contributed by atoms with E-state index in [9.17, 15) is 4.79 Å². The van der Waals surface area contributed by atoms with Crippen molar-refractivity contribution in [3.05, 3.63) is 22.4 Å². The molecule has 16 heavy (non-hydrogen) atoms. The van der Waals surface area contributed by atoms with Gasteiger partial charge in [-0.1, -0.05) is 0 Å². The third-order valence-electron chi connectivity index (χ3n) is 2.78. The molecule has 1 aromatic rings. The summed E-state index contributed by atoms with van der Waals surface area (Å²) in [6.07, 6.45) is 2.33. The van der Waals surface area contributed by atoms with Crippen LogP contribution in [0.1, 0.15) is 23.2 Å². The van der Waals surface area contributed by atoms with Crippen molar-refractivity contribution in [2.45, 2.75) is 12.8 Å². The van der Waals surface area contributed by atoms with E-state index in [-0.39, 0.29) is 18.3 Å². The maximum Gasteiger partial charge on any atom is 0.252 e. The number of hydrogen-bond acceptors (Lipinski definition) is 3. The van der Waals surface area contributed by atoms with Gasteiger partial charge in [0.15, 0.2) is 0 Å². The molecule has 0 saturated carbocycles. The van der Waals surface area contributed by atoms with Crippen LogP contribution < -0.4 is 10.6 Å². The van der Waals surface area contributed by atoms with Crippen molar-refractivity contribution < 1.29 is 4.79 Å². The fourth-order valence-corrected chi connectivity index (χ4v) is 2.48. The van der Waals surface area contributed by atoms with Gasteiger partial charge in [-0.2, -0.15) is 11.3 Å². The molecule has 0 aliphatic carbocycles. The van der Waals surface area contributed by atoms with Gasteiger partial charge in [-0.15, -0.1) is 12.4 Å². The lowest BCUT2D eigenvalue weighted by Gasteiger charge is -2.08. The zero-order valence-electron chi connectivity index (χ0n) is 9.07. The Balaban J connectivity index is 0.00000128. The van der Waals surface area contributed by atoms with Crippen LogP contribution in [0.15, 0.2) is 16.8 Å². The smallest absolute Gasteiger partial charge is 0.252 e. The van der Waals surface area contributed by atoms with Crippen LogP contribution in [0.3, 0.4) is 0 Å². The van der Waals surface area contributed by atoms with Crippen LogP contribution in [0.2, 0.25) is 0 Å². The first-order valence-electron chi connectivity index (χ1n) is 5.37. The molecule has 1 saturated heterocycles. The number of nitrogens with one attached hydrogen (secondary N) is 2. The minimum Gasteiger partial charge on any atom is -0.352 e. The van der Waals surface area contributed by atoms with E-state index in [1.807, 2.05) is 16.8 Å². The second kappa shape index (κ2) is 6.89. The average molecular weight is 261 g/mol. The largest absolute Gasteiger partial charge is 0.352 e. The van der Waals surface area contributed by atoms with E-state index in [1.54, 1.807) is 11.3 Å². The predicted molar refractivity (Wildman–Crippen MR) is 69.5 cm³/mol. The molecule has 1 amide bonds. The van der Waals surface area contributed by atoms with Crippen LogP contribution in [0.4, 0.5) is 0 Å². The zero-order valence-corrected chi connectivity index (χ0v) is 10.7. The molecule has 90 valence electrons. The minimum atomic E-state index is 0. The van der Waals surface area contributed by atoms with Crippen molar-refractivity contribution in [2.75, 3.05) is 19.6 Å². The summed E-state index contributed by atoms with van der Waals surface area (Å²) in [6, 6.07) is 1.86. The third-order valence-corrected chi connectivity index (χ3v) is 3.47. The molecule has 1 aliphatic rings. The van der Waals surface area contributed by atoms with Crippen molar-refractivity contribution in [3.8, 4) is 0 Å². The first kappa shape index (κ1) is 13.5. The standard InChI is InChI=1S/C11H16N2OS.ClH/c14-11(10-3-6-15-8-10)13-5-2-9-1-4-12-7-9;/h3,6,8-9,12H,1-2,4-5,7H2,(H,13,14);1H. The normalized spacial score (nSPS) is 19.1. The summed E-state index contributed by atoms with van der Waals surface area (Å²) >= 11 is 1.56. The van der Waals surface area contributed by atoms with Crippen molar-refractivity contribution in [2.24, 2.45) is 5.92 Å². The topological polar surface area (TPSA) is 41.1 Å². The van der Waals surface area contributed by atoms with E-state index < -0.39 is 0 Å². The Labute approximate surface area is 106 Å². The summed E-state index contributed by atoms with van der Waals surface area (Å²) in [4.78, 5) is 11.6. The fraction of sp³-hybridized carbons (Fsp3) is 0.545. The molecule has 2 N–H and O–H groups in total. The fourth-order valence-electron chi connectivity index (χ4n) is 1.85. The maximum atomic E-state index is 11.6. The highest BCUT2D eigenvalue weighted by molar-refractivity contribution is 7.08. The highest BCUT2D eigenvalue weighted by Gasteiger charge is 2.14. The number of halogens is 1. The summed E-state index contributed by atoms with van der Waals surface area (Å²) in [5.74, 6) is 0.801. The number of amides is 1. The van der Waals surface area contributed by atoms with E-state index in [4.69, 9.17) is 0 Å². The molecule has 1 aromatic heterocycles. The lowest BCUT2D eigenvalue weighted by atomic mass is 10.1. The Kier molecular flexibility index (Phi) is 5.80. The first-order chi connectivity index (χ1) is 7.36. The Morgan fingerprint density at radius 3 is 3.12 bits per heavy atom. The summed E-state index contributed by atoms with van der Waals surface area (Å²) in [6.45, 7) is 3.03. The van der Waals surface area contributed by atoms with E-state index >= 15 is 0 Å². The number of hydrogen-bond donors (Lipinski definition) is 2. The molecule has 1 unspecified atom stereocenters. The summed E-state index contributed by atoms with van der Waals surface area (Å²) in [5, 5.41) is 10.1. The number of rotatable bonds is 4. The maximum absolute atomic E-state index is 11.6. The van der Waals surface area contributed by atoms with Gasteiger partial charge < -0.3 is 10.6 Å². The molecule has 0 spiro atoms. The summed E-state index contributed by atoms with van der Waals surface area (Å²) in [7, 11) is 0. The lowest BCUT2D eigenvalue weighted by Crippen LogP contribution is -2.26.